The second kappa shape index (κ2) is 7.81. The summed E-state index contributed by atoms with van der Waals surface area (Å²) in [5.41, 5.74) is 7.07. The van der Waals surface area contributed by atoms with Gasteiger partial charge in [-0.2, -0.15) is 0 Å². The number of nitrogens with two attached hydrogens (primary N) is 1. The van der Waals surface area contributed by atoms with Crippen LogP contribution >= 0.6 is 0 Å². The number of hydrogen-bond donors (Lipinski definition) is 2. The van der Waals surface area contributed by atoms with E-state index in [-0.39, 0.29) is 18.9 Å². The van der Waals surface area contributed by atoms with Gasteiger partial charge in [0.15, 0.2) is 0 Å². The topological polar surface area (TPSA) is 72.6 Å². The molecule has 0 aliphatic carbocycles. The summed E-state index contributed by atoms with van der Waals surface area (Å²) in [4.78, 5) is 11.0. The fourth-order valence-electron chi connectivity index (χ4n) is 2.84. The van der Waals surface area contributed by atoms with Gasteiger partial charge in [-0.05, 0) is 34.0 Å². The Kier molecular flexibility index (Phi) is 5.31. The molecule has 4 heteroatoms. The molecule has 0 aliphatic heterocycles. The van der Waals surface area contributed by atoms with Crippen molar-refractivity contribution >= 4 is 16.7 Å². The molecule has 0 bridgehead atoms. The van der Waals surface area contributed by atoms with E-state index in [4.69, 9.17) is 10.5 Å². The van der Waals surface area contributed by atoms with Gasteiger partial charge in [0.05, 0.1) is 12.5 Å². The first kappa shape index (κ1) is 17.0. The minimum Gasteiger partial charge on any atom is -0.491 e. The van der Waals surface area contributed by atoms with Crippen molar-refractivity contribution in [2.75, 3.05) is 6.61 Å². The maximum Gasteiger partial charge on any atom is 0.221 e. The third-order valence-corrected chi connectivity index (χ3v) is 4.00. The summed E-state index contributed by atoms with van der Waals surface area (Å²) in [7, 11) is 0. The Balaban J connectivity index is 1.58. The number of fused-ring (bicyclic) bond motifs is 1. The van der Waals surface area contributed by atoms with Crippen molar-refractivity contribution in [3.8, 4) is 5.75 Å². The summed E-state index contributed by atoms with van der Waals surface area (Å²) in [5.74, 6) is 0.241. The summed E-state index contributed by atoms with van der Waals surface area (Å²) < 4.78 is 5.65. The van der Waals surface area contributed by atoms with E-state index in [0.717, 1.165) is 16.5 Å². The highest BCUT2D eigenvalue weighted by Gasteiger charge is 2.08. The second-order valence-corrected chi connectivity index (χ2v) is 6.14. The number of aliphatic hydroxyl groups is 1. The van der Waals surface area contributed by atoms with Gasteiger partial charge < -0.3 is 15.6 Å². The molecule has 128 valence electrons. The molecule has 1 amide bonds. The fourth-order valence-corrected chi connectivity index (χ4v) is 2.84. The van der Waals surface area contributed by atoms with E-state index in [1.807, 2.05) is 30.3 Å². The normalized spacial score (nSPS) is 12.0. The van der Waals surface area contributed by atoms with E-state index >= 15 is 0 Å². The Morgan fingerprint density at radius 1 is 0.960 bits per heavy atom. The summed E-state index contributed by atoms with van der Waals surface area (Å²) in [6.07, 6.45) is 0.0869. The number of rotatable bonds is 7. The average molecular weight is 335 g/mol. The van der Waals surface area contributed by atoms with Gasteiger partial charge in [0.25, 0.3) is 0 Å². The Morgan fingerprint density at radius 3 is 2.56 bits per heavy atom. The first-order valence-electron chi connectivity index (χ1n) is 8.26. The predicted molar refractivity (Wildman–Crippen MR) is 98.5 cm³/mol. The molecule has 25 heavy (non-hydrogen) atoms. The smallest absolute Gasteiger partial charge is 0.221 e. The zero-order valence-electron chi connectivity index (χ0n) is 13.9. The molecule has 3 N–H and O–H groups in total. The van der Waals surface area contributed by atoms with Crippen LogP contribution in [0, 0.1) is 0 Å². The summed E-state index contributed by atoms with van der Waals surface area (Å²) in [5, 5.41) is 12.6. The molecular formula is C21H21NO3. The Bertz CT molecular complexity index is 876. The van der Waals surface area contributed by atoms with Crippen molar-refractivity contribution in [2.24, 2.45) is 5.73 Å². The maximum atomic E-state index is 11.0. The SMILES string of the molecule is NC(=O)Cc1cccc(OCC(O)Cc2ccc3ccccc3c2)c1. The predicted octanol–water partition coefficient (Wildman–Crippen LogP) is 2.85. The van der Waals surface area contributed by atoms with Crippen molar-refractivity contribution in [1.82, 2.24) is 0 Å². The molecule has 0 aliphatic rings. The third kappa shape index (κ3) is 4.81. The molecule has 0 saturated carbocycles. The van der Waals surface area contributed by atoms with Crippen LogP contribution in [0.4, 0.5) is 0 Å². The number of aliphatic hydroxyl groups excluding tert-OH is 1. The summed E-state index contributed by atoms with van der Waals surface area (Å²) >= 11 is 0. The maximum absolute atomic E-state index is 11.0. The molecular weight excluding hydrogens is 314 g/mol. The van der Waals surface area contributed by atoms with E-state index in [1.54, 1.807) is 12.1 Å². The molecule has 1 atom stereocenters. The molecule has 3 aromatic rings. The van der Waals surface area contributed by atoms with Crippen LogP contribution in [0.5, 0.6) is 5.75 Å². The van der Waals surface area contributed by atoms with Crippen molar-refractivity contribution in [1.29, 1.82) is 0 Å². The van der Waals surface area contributed by atoms with Gasteiger partial charge in [0, 0.05) is 6.42 Å². The lowest BCUT2D eigenvalue weighted by Gasteiger charge is -2.13. The van der Waals surface area contributed by atoms with Crippen LogP contribution in [0.3, 0.4) is 0 Å². The van der Waals surface area contributed by atoms with Gasteiger partial charge in [-0.25, -0.2) is 0 Å². The van der Waals surface area contributed by atoms with Crippen LogP contribution in [0.1, 0.15) is 11.1 Å². The quantitative estimate of drug-likeness (QED) is 0.697. The first-order valence-corrected chi connectivity index (χ1v) is 8.26. The minimum atomic E-state index is -0.610. The average Bonchev–Trinajstić information content (AvgIpc) is 2.60. The van der Waals surface area contributed by atoms with Crippen LogP contribution < -0.4 is 10.5 Å². The van der Waals surface area contributed by atoms with Crippen LogP contribution in [-0.2, 0) is 17.6 Å². The minimum absolute atomic E-state index is 0.177. The molecule has 0 saturated heterocycles. The first-order chi connectivity index (χ1) is 12.1. The van der Waals surface area contributed by atoms with Gasteiger partial charge in [-0.3, -0.25) is 4.79 Å². The molecule has 3 aromatic carbocycles. The monoisotopic (exact) mass is 335 g/mol. The zero-order valence-corrected chi connectivity index (χ0v) is 13.9. The molecule has 4 nitrogen and oxygen atoms in total. The Morgan fingerprint density at radius 2 is 1.76 bits per heavy atom. The molecule has 0 spiro atoms. The van der Waals surface area contributed by atoms with Gasteiger partial charge in [-0.15, -0.1) is 0 Å². The number of primary amides is 1. The van der Waals surface area contributed by atoms with Crippen molar-refractivity contribution in [3.63, 3.8) is 0 Å². The highest BCUT2D eigenvalue weighted by molar-refractivity contribution is 5.83. The van der Waals surface area contributed by atoms with Crippen LogP contribution in [0.25, 0.3) is 10.8 Å². The summed E-state index contributed by atoms with van der Waals surface area (Å²) in [6.45, 7) is 0.187. The van der Waals surface area contributed by atoms with Crippen LogP contribution in [-0.4, -0.2) is 23.7 Å². The molecule has 0 aromatic heterocycles. The van der Waals surface area contributed by atoms with Crippen molar-refractivity contribution in [2.45, 2.75) is 18.9 Å². The lowest BCUT2D eigenvalue weighted by Crippen LogP contribution is -2.20. The number of carbonyl (C=O) groups excluding carboxylic acids is 1. The van der Waals surface area contributed by atoms with E-state index < -0.39 is 6.10 Å². The highest BCUT2D eigenvalue weighted by atomic mass is 16.5. The zero-order chi connectivity index (χ0) is 17.6. The number of carbonyl (C=O) groups is 1. The fraction of sp³-hybridized carbons (Fsp3) is 0.190. The van der Waals surface area contributed by atoms with Gasteiger partial charge in [0.2, 0.25) is 5.91 Å². The molecule has 0 radical (unpaired) electrons. The Hall–Kier alpha value is -2.85. The number of benzene rings is 3. The molecule has 0 heterocycles. The molecule has 1 unspecified atom stereocenters. The van der Waals surface area contributed by atoms with Crippen molar-refractivity contribution in [3.05, 3.63) is 77.9 Å². The van der Waals surface area contributed by atoms with E-state index in [1.165, 1.54) is 5.39 Å². The highest BCUT2D eigenvalue weighted by Crippen LogP contribution is 2.18. The summed E-state index contributed by atoms with van der Waals surface area (Å²) in [6, 6.07) is 21.5. The standard InChI is InChI=1S/C21H21NO3/c22-21(24)13-15-4-3-7-20(12-15)25-14-19(23)11-16-8-9-17-5-1-2-6-18(17)10-16/h1-10,12,19,23H,11,13-14H2,(H2,22,24). The molecule has 0 fully saturated rings. The second-order valence-electron chi connectivity index (χ2n) is 6.14. The van der Waals surface area contributed by atoms with E-state index in [2.05, 4.69) is 24.3 Å². The number of hydrogen-bond acceptors (Lipinski definition) is 3. The van der Waals surface area contributed by atoms with Crippen LogP contribution in [0.2, 0.25) is 0 Å². The lowest BCUT2D eigenvalue weighted by molar-refractivity contribution is -0.117. The third-order valence-electron chi connectivity index (χ3n) is 4.00. The molecule has 3 rings (SSSR count). The lowest BCUT2D eigenvalue weighted by atomic mass is 10.0. The number of ether oxygens (including phenoxy) is 1. The van der Waals surface area contributed by atoms with E-state index in [0.29, 0.717) is 12.2 Å². The largest absolute Gasteiger partial charge is 0.491 e. The van der Waals surface area contributed by atoms with Gasteiger partial charge in [0.1, 0.15) is 12.4 Å². The van der Waals surface area contributed by atoms with Crippen LogP contribution in [0.15, 0.2) is 66.7 Å². The Labute approximate surface area is 146 Å². The number of amides is 1. The van der Waals surface area contributed by atoms with E-state index in [9.17, 15) is 9.90 Å². The van der Waals surface area contributed by atoms with Crippen molar-refractivity contribution < 1.29 is 14.6 Å². The van der Waals surface area contributed by atoms with Gasteiger partial charge in [-0.1, -0.05) is 54.6 Å². The van der Waals surface area contributed by atoms with Gasteiger partial charge >= 0.3 is 0 Å².